The van der Waals surface area contributed by atoms with E-state index in [4.69, 9.17) is 20.2 Å². The molecule has 0 saturated carbocycles. The first-order valence-corrected chi connectivity index (χ1v) is 8.76. The van der Waals surface area contributed by atoms with Crippen molar-refractivity contribution in [2.75, 3.05) is 20.8 Å². The highest BCUT2D eigenvalue weighted by Crippen LogP contribution is 2.35. The van der Waals surface area contributed by atoms with Gasteiger partial charge >= 0.3 is 0 Å². The Labute approximate surface area is 154 Å². The molecule has 0 spiro atoms. The van der Waals surface area contributed by atoms with Gasteiger partial charge in [-0.05, 0) is 33.8 Å². The standard InChI is InChI=1S/C19H27N5O2/c1-11(2)24-10-19(3,4)22-18(24)17(20)13-9-21-23-14-8-16(26-6)15(25-5)7-12(13)14/h7-9,11,17H,10,20H2,1-6H3. The van der Waals surface area contributed by atoms with Crippen molar-refractivity contribution < 1.29 is 9.47 Å². The molecule has 1 atom stereocenters. The highest BCUT2D eigenvalue weighted by molar-refractivity contribution is 5.95. The molecule has 1 aliphatic heterocycles. The monoisotopic (exact) mass is 357 g/mol. The lowest BCUT2D eigenvalue weighted by Gasteiger charge is -2.29. The van der Waals surface area contributed by atoms with Crippen LogP contribution in [-0.4, -0.2) is 53.3 Å². The van der Waals surface area contributed by atoms with Crippen molar-refractivity contribution in [3.05, 3.63) is 23.9 Å². The Morgan fingerprint density at radius 2 is 1.81 bits per heavy atom. The molecule has 0 saturated heterocycles. The SMILES string of the molecule is COc1cc2nncc(C(N)C3=NC(C)(C)CN3C(C)C)c2cc1OC. The van der Waals surface area contributed by atoms with Crippen molar-refractivity contribution in [3.63, 3.8) is 0 Å². The first-order chi connectivity index (χ1) is 12.3. The van der Waals surface area contributed by atoms with Crippen LogP contribution in [0.4, 0.5) is 0 Å². The van der Waals surface area contributed by atoms with Gasteiger partial charge in [0, 0.05) is 29.6 Å². The van der Waals surface area contributed by atoms with Crippen LogP contribution in [0.15, 0.2) is 23.3 Å². The number of ether oxygens (including phenoxy) is 2. The molecule has 1 aromatic carbocycles. The maximum absolute atomic E-state index is 6.67. The van der Waals surface area contributed by atoms with Crippen LogP contribution in [0.1, 0.15) is 39.3 Å². The smallest absolute Gasteiger partial charge is 0.162 e. The topological polar surface area (TPSA) is 85.9 Å². The van der Waals surface area contributed by atoms with Crippen molar-refractivity contribution in [2.24, 2.45) is 10.7 Å². The van der Waals surface area contributed by atoms with Crippen LogP contribution in [-0.2, 0) is 0 Å². The van der Waals surface area contributed by atoms with Gasteiger partial charge in [0.25, 0.3) is 0 Å². The Bertz CT molecular complexity index is 847. The summed E-state index contributed by atoms with van der Waals surface area (Å²) in [7, 11) is 3.21. The van der Waals surface area contributed by atoms with Crippen molar-refractivity contribution >= 4 is 16.7 Å². The van der Waals surface area contributed by atoms with E-state index >= 15 is 0 Å². The third-order valence-corrected chi connectivity index (χ3v) is 4.68. The molecule has 7 heteroatoms. The number of nitrogens with two attached hydrogens (primary N) is 1. The molecule has 7 nitrogen and oxygen atoms in total. The summed E-state index contributed by atoms with van der Waals surface area (Å²) in [6.07, 6.45) is 1.71. The van der Waals surface area contributed by atoms with Gasteiger partial charge in [0.05, 0.1) is 37.5 Å². The quantitative estimate of drug-likeness (QED) is 0.885. The molecule has 2 aromatic rings. The van der Waals surface area contributed by atoms with E-state index in [9.17, 15) is 0 Å². The van der Waals surface area contributed by atoms with Crippen LogP contribution in [0, 0.1) is 0 Å². The van der Waals surface area contributed by atoms with E-state index in [2.05, 4.69) is 42.8 Å². The molecule has 0 radical (unpaired) electrons. The molecular formula is C19H27N5O2. The lowest BCUT2D eigenvalue weighted by molar-refractivity contribution is 0.318. The van der Waals surface area contributed by atoms with Gasteiger partial charge in [-0.1, -0.05) is 0 Å². The fourth-order valence-corrected chi connectivity index (χ4v) is 3.39. The first-order valence-electron chi connectivity index (χ1n) is 8.76. The summed E-state index contributed by atoms with van der Waals surface area (Å²) >= 11 is 0. The first kappa shape index (κ1) is 18.4. The summed E-state index contributed by atoms with van der Waals surface area (Å²) in [5.41, 5.74) is 8.09. The van der Waals surface area contributed by atoms with Crippen LogP contribution in [0.3, 0.4) is 0 Å². The summed E-state index contributed by atoms with van der Waals surface area (Å²) in [5.74, 6) is 2.13. The third kappa shape index (κ3) is 3.19. The average molecular weight is 357 g/mol. The van der Waals surface area contributed by atoms with Crippen molar-refractivity contribution in [1.82, 2.24) is 15.1 Å². The summed E-state index contributed by atoms with van der Waals surface area (Å²) in [6, 6.07) is 3.64. The Balaban J connectivity index is 2.12. The van der Waals surface area contributed by atoms with Gasteiger partial charge in [0.2, 0.25) is 0 Å². The van der Waals surface area contributed by atoms with Gasteiger partial charge in [0.1, 0.15) is 5.84 Å². The van der Waals surface area contributed by atoms with Crippen molar-refractivity contribution in [2.45, 2.75) is 45.3 Å². The fraction of sp³-hybridized carbons (Fsp3) is 0.526. The Kier molecular flexibility index (Phi) is 4.75. The predicted octanol–water partition coefficient (Wildman–Crippen LogP) is 2.55. The summed E-state index contributed by atoms with van der Waals surface area (Å²) in [6.45, 7) is 9.40. The van der Waals surface area contributed by atoms with Gasteiger partial charge in [0.15, 0.2) is 11.5 Å². The number of amidine groups is 1. The minimum atomic E-state index is -0.393. The summed E-state index contributed by atoms with van der Waals surface area (Å²) in [5, 5.41) is 9.26. The molecule has 0 fully saturated rings. The molecule has 1 aromatic heterocycles. The lowest BCUT2D eigenvalue weighted by Crippen LogP contribution is -2.41. The number of hydrogen-bond acceptors (Lipinski definition) is 7. The van der Waals surface area contributed by atoms with Crippen LogP contribution >= 0.6 is 0 Å². The van der Waals surface area contributed by atoms with E-state index in [1.807, 2.05) is 12.1 Å². The van der Waals surface area contributed by atoms with Crippen LogP contribution in [0.2, 0.25) is 0 Å². The second-order valence-electron chi connectivity index (χ2n) is 7.51. The zero-order chi connectivity index (χ0) is 19.1. The van der Waals surface area contributed by atoms with Crippen LogP contribution in [0.5, 0.6) is 11.5 Å². The molecule has 2 heterocycles. The second-order valence-corrected chi connectivity index (χ2v) is 7.51. The van der Waals surface area contributed by atoms with E-state index in [0.717, 1.165) is 23.3 Å². The van der Waals surface area contributed by atoms with Gasteiger partial charge in [-0.25, -0.2) is 0 Å². The largest absolute Gasteiger partial charge is 0.493 e. The molecular weight excluding hydrogens is 330 g/mol. The van der Waals surface area contributed by atoms with E-state index in [1.54, 1.807) is 20.4 Å². The van der Waals surface area contributed by atoms with Gasteiger partial charge in [-0.15, -0.1) is 0 Å². The Hall–Kier alpha value is -2.41. The summed E-state index contributed by atoms with van der Waals surface area (Å²) < 4.78 is 10.8. The highest BCUT2D eigenvalue weighted by atomic mass is 16.5. The van der Waals surface area contributed by atoms with Gasteiger partial charge in [-0.2, -0.15) is 10.2 Å². The fourth-order valence-electron chi connectivity index (χ4n) is 3.39. The molecule has 0 aliphatic carbocycles. The molecule has 3 rings (SSSR count). The number of aliphatic imine (C=N–C) groups is 1. The predicted molar refractivity (Wildman–Crippen MR) is 103 cm³/mol. The number of fused-ring (bicyclic) bond motifs is 1. The number of benzene rings is 1. The molecule has 26 heavy (non-hydrogen) atoms. The highest BCUT2D eigenvalue weighted by Gasteiger charge is 2.36. The van der Waals surface area contributed by atoms with E-state index < -0.39 is 6.04 Å². The molecule has 2 N–H and O–H groups in total. The Morgan fingerprint density at radius 1 is 1.15 bits per heavy atom. The van der Waals surface area contributed by atoms with Gasteiger partial charge in [-0.3, -0.25) is 4.99 Å². The van der Waals surface area contributed by atoms with E-state index in [-0.39, 0.29) is 5.54 Å². The van der Waals surface area contributed by atoms with Gasteiger partial charge < -0.3 is 20.1 Å². The molecule has 1 unspecified atom stereocenters. The molecule has 0 bridgehead atoms. The Morgan fingerprint density at radius 3 is 2.42 bits per heavy atom. The molecule has 1 aliphatic rings. The second kappa shape index (κ2) is 6.72. The zero-order valence-electron chi connectivity index (χ0n) is 16.3. The maximum Gasteiger partial charge on any atom is 0.162 e. The number of aromatic nitrogens is 2. The van der Waals surface area contributed by atoms with E-state index in [1.165, 1.54) is 0 Å². The number of methoxy groups -OCH3 is 2. The summed E-state index contributed by atoms with van der Waals surface area (Å²) in [4.78, 5) is 7.16. The molecule has 140 valence electrons. The van der Waals surface area contributed by atoms with Crippen molar-refractivity contribution in [3.8, 4) is 11.5 Å². The van der Waals surface area contributed by atoms with Crippen molar-refractivity contribution in [1.29, 1.82) is 0 Å². The normalized spacial score (nSPS) is 17.5. The van der Waals surface area contributed by atoms with E-state index in [0.29, 0.717) is 23.1 Å². The van der Waals surface area contributed by atoms with Crippen LogP contribution in [0.25, 0.3) is 10.9 Å². The minimum absolute atomic E-state index is 0.158. The lowest BCUT2D eigenvalue weighted by atomic mass is 10.0. The van der Waals surface area contributed by atoms with Crippen LogP contribution < -0.4 is 15.2 Å². The molecule has 0 amide bonds. The maximum atomic E-state index is 6.67. The number of rotatable bonds is 5. The average Bonchev–Trinajstić information content (AvgIpc) is 2.95. The number of hydrogen-bond donors (Lipinski definition) is 1. The zero-order valence-corrected chi connectivity index (χ0v) is 16.3. The third-order valence-electron chi connectivity index (χ3n) is 4.68. The number of nitrogens with zero attached hydrogens (tertiary/aromatic N) is 4. The minimum Gasteiger partial charge on any atom is -0.493 e.